The molecule has 0 atom stereocenters. The number of aromatic amines is 1. The molecular formula is C32H33N7O2. The van der Waals surface area contributed by atoms with Gasteiger partial charge in [-0.1, -0.05) is 12.1 Å². The lowest BCUT2D eigenvalue weighted by Crippen LogP contribution is -2.43. The highest BCUT2D eigenvalue weighted by Gasteiger charge is 2.17. The topological polar surface area (TPSA) is 99.3 Å². The quantitative estimate of drug-likeness (QED) is 0.280. The van der Waals surface area contributed by atoms with E-state index in [2.05, 4.69) is 61.2 Å². The van der Waals surface area contributed by atoms with Gasteiger partial charge in [-0.25, -0.2) is 4.98 Å². The summed E-state index contributed by atoms with van der Waals surface area (Å²) in [6, 6.07) is 17.3. The molecule has 208 valence electrons. The number of aryl methyl sites for hydroxylation is 2. The zero-order valence-corrected chi connectivity index (χ0v) is 23.5. The van der Waals surface area contributed by atoms with Crippen molar-refractivity contribution in [2.75, 3.05) is 38.5 Å². The van der Waals surface area contributed by atoms with Crippen LogP contribution >= 0.6 is 0 Å². The van der Waals surface area contributed by atoms with Gasteiger partial charge in [0.15, 0.2) is 5.82 Å². The molecule has 41 heavy (non-hydrogen) atoms. The minimum atomic E-state index is -0.199. The number of rotatable bonds is 7. The first-order chi connectivity index (χ1) is 19.9. The number of anilines is 1. The van der Waals surface area contributed by atoms with Gasteiger partial charge in [0.05, 0.1) is 5.52 Å². The zero-order valence-electron chi connectivity index (χ0n) is 23.5. The highest BCUT2D eigenvalue weighted by atomic mass is 16.5. The summed E-state index contributed by atoms with van der Waals surface area (Å²) < 4.78 is 6.32. The Kier molecular flexibility index (Phi) is 7.45. The van der Waals surface area contributed by atoms with Gasteiger partial charge in [0.2, 0.25) is 5.88 Å². The fraction of sp³-hybridized carbons (Fsp3) is 0.250. The Labute approximate surface area is 239 Å². The van der Waals surface area contributed by atoms with E-state index in [4.69, 9.17) is 4.74 Å². The number of piperazine rings is 1. The number of likely N-dealkylation sites (N-methyl/N-ethyl adjacent to an activating group) is 1. The SMILES string of the molecule is Cc1cc(CN2CCN(C)CC2)cc(NC(=O)c2ccc(C)c(Oc3nc(-c4cccnc4)nc4cc[nH]c34)c2)c1. The molecule has 2 N–H and O–H groups in total. The van der Waals surface area contributed by atoms with Gasteiger partial charge >= 0.3 is 0 Å². The molecule has 1 amide bonds. The van der Waals surface area contributed by atoms with Crippen molar-refractivity contribution < 1.29 is 9.53 Å². The average Bonchev–Trinajstić information content (AvgIpc) is 3.45. The van der Waals surface area contributed by atoms with Gasteiger partial charge in [-0.05, 0) is 80.1 Å². The molecule has 0 radical (unpaired) electrons. The Morgan fingerprint density at radius 2 is 1.88 bits per heavy atom. The zero-order chi connectivity index (χ0) is 28.3. The number of H-pyrrole nitrogens is 1. The van der Waals surface area contributed by atoms with Crippen LogP contribution in [-0.2, 0) is 6.54 Å². The van der Waals surface area contributed by atoms with E-state index in [9.17, 15) is 4.79 Å². The number of carbonyl (C=O) groups excluding carboxylic acids is 1. The summed E-state index contributed by atoms with van der Waals surface area (Å²) >= 11 is 0. The van der Waals surface area contributed by atoms with Crippen LogP contribution in [0.15, 0.2) is 73.2 Å². The number of carbonyl (C=O) groups is 1. The molecule has 3 aromatic heterocycles. The van der Waals surface area contributed by atoms with E-state index >= 15 is 0 Å². The maximum absolute atomic E-state index is 13.4. The van der Waals surface area contributed by atoms with E-state index < -0.39 is 0 Å². The molecule has 9 heteroatoms. The van der Waals surface area contributed by atoms with Crippen LogP contribution in [-0.4, -0.2) is 68.9 Å². The van der Waals surface area contributed by atoms with Gasteiger partial charge < -0.3 is 19.9 Å². The van der Waals surface area contributed by atoms with Crippen molar-refractivity contribution in [2.45, 2.75) is 20.4 Å². The van der Waals surface area contributed by atoms with Crippen molar-refractivity contribution in [2.24, 2.45) is 0 Å². The fourth-order valence-corrected chi connectivity index (χ4v) is 5.06. The molecule has 1 aliphatic heterocycles. The number of pyridine rings is 1. The number of aromatic nitrogens is 4. The lowest BCUT2D eigenvalue weighted by molar-refractivity contribution is 0.102. The second kappa shape index (κ2) is 11.5. The van der Waals surface area contributed by atoms with E-state index in [0.717, 1.165) is 60.6 Å². The third-order valence-corrected chi connectivity index (χ3v) is 7.35. The van der Waals surface area contributed by atoms with Gasteiger partial charge in [0, 0.05) is 68.1 Å². The first-order valence-corrected chi connectivity index (χ1v) is 13.8. The van der Waals surface area contributed by atoms with E-state index in [1.54, 1.807) is 24.7 Å². The van der Waals surface area contributed by atoms with Crippen LogP contribution in [0.1, 0.15) is 27.0 Å². The summed E-state index contributed by atoms with van der Waals surface area (Å²) in [6.45, 7) is 9.10. The number of benzene rings is 2. The Bertz CT molecular complexity index is 1690. The first-order valence-electron chi connectivity index (χ1n) is 13.8. The molecule has 6 rings (SSSR count). The molecule has 5 aromatic rings. The maximum Gasteiger partial charge on any atom is 0.255 e. The van der Waals surface area contributed by atoms with Crippen LogP contribution in [0.5, 0.6) is 11.6 Å². The third kappa shape index (κ3) is 6.11. The number of nitrogens with one attached hydrogen (secondary N) is 2. The summed E-state index contributed by atoms with van der Waals surface area (Å²) in [5, 5.41) is 3.09. The van der Waals surface area contributed by atoms with Crippen LogP contribution in [0.25, 0.3) is 22.4 Å². The second-order valence-electron chi connectivity index (χ2n) is 10.7. The molecule has 4 heterocycles. The summed E-state index contributed by atoms with van der Waals surface area (Å²) in [6.07, 6.45) is 5.23. The van der Waals surface area contributed by atoms with E-state index in [1.807, 2.05) is 43.3 Å². The monoisotopic (exact) mass is 547 g/mol. The number of nitrogens with zero attached hydrogens (tertiary/aromatic N) is 5. The number of fused-ring (bicyclic) bond motifs is 1. The van der Waals surface area contributed by atoms with Crippen LogP contribution in [0, 0.1) is 13.8 Å². The highest BCUT2D eigenvalue weighted by molar-refractivity contribution is 6.04. The largest absolute Gasteiger partial charge is 0.437 e. The molecule has 9 nitrogen and oxygen atoms in total. The molecule has 1 saturated heterocycles. The molecular weight excluding hydrogens is 514 g/mol. The van der Waals surface area contributed by atoms with Crippen molar-refractivity contribution in [3.05, 3.63) is 95.4 Å². The van der Waals surface area contributed by atoms with Crippen molar-refractivity contribution in [1.82, 2.24) is 29.7 Å². The lowest BCUT2D eigenvalue weighted by atomic mass is 10.1. The minimum Gasteiger partial charge on any atom is -0.437 e. The number of amides is 1. The van der Waals surface area contributed by atoms with E-state index in [1.165, 1.54) is 5.56 Å². The summed E-state index contributed by atoms with van der Waals surface area (Å²) in [7, 11) is 2.16. The Morgan fingerprint density at radius 3 is 2.68 bits per heavy atom. The van der Waals surface area contributed by atoms with Crippen molar-refractivity contribution >= 4 is 22.6 Å². The standard InChI is InChI=1S/C32H33N7O2/c1-21-15-23(20-39-13-11-38(3)12-14-39)17-26(16-21)35-31(40)24-7-6-22(2)28(18-24)41-32-29-27(8-10-34-29)36-30(37-32)25-5-4-9-33-19-25/h4-10,15-19,34H,11-14,20H2,1-3H3,(H,35,40). The third-order valence-electron chi connectivity index (χ3n) is 7.35. The molecule has 2 aromatic carbocycles. The summed E-state index contributed by atoms with van der Waals surface area (Å²) in [5.41, 5.74) is 6.67. The van der Waals surface area contributed by atoms with Gasteiger partial charge in [-0.15, -0.1) is 0 Å². The summed E-state index contributed by atoms with van der Waals surface area (Å²) in [5.74, 6) is 1.24. The Balaban J connectivity index is 1.22. The molecule has 0 bridgehead atoms. The van der Waals surface area contributed by atoms with Gasteiger partial charge in [-0.2, -0.15) is 4.98 Å². The smallest absolute Gasteiger partial charge is 0.255 e. The Morgan fingerprint density at radius 1 is 1.02 bits per heavy atom. The maximum atomic E-state index is 13.4. The van der Waals surface area contributed by atoms with Crippen molar-refractivity contribution in [3.63, 3.8) is 0 Å². The molecule has 1 aliphatic rings. The molecule has 0 saturated carbocycles. The number of hydrogen-bond acceptors (Lipinski definition) is 7. The van der Waals surface area contributed by atoms with E-state index in [-0.39, 0.29) is 5.91 Å². The number of hydrogen-bond donors (Lipinski definition) is 2. The Hall–Kier alpha value is -4.60. The van der Waals surface area contributed by atoms with Crippen molar-refractivity contribution in [1.29, 1.82) is 0 Å². The van der Waals surface area contributed by atoms with Gasteiger partial charge in [0.1, 0.15) is 11.3 Å². The lowest BCUT2D eigenvalue weighted by Gasteiger charge is -2.32. The predicted molar refractivity (Wildman–Crippen MR) is 160 cm³/mol. The fourth-order valence-electron chi connectivity index (χ4n) is 5.06. The first kappa shape index (κ1) is 26.6. The molecule has 1 fully saturated rings. The second-order valence-corrected chi connectivity index (χ2v) is 10.7. The highest BCUT2D eigenvalue weighted by Crippen LogP contribution is 2.31. The van der Waals surface area contributed by atoms with Crippen LogP contribution in [0.4, 0.5) is 5.69 Å². The van der Waals surface area contributed by atoms with Crippen LogP contribution in [0.3, 0.4) is 0 Å². The van der Waals surface area contributed by atoms with Crippen molar-refractivity contribution in [3.8, 4) is 23.0 Å². The molecule has 0 unspecified atom stereocenters. The van der Waals surface area contributed by atoms with Gasteiger partial charge in [-0.3, -0.25) is 14.7 Å². The summed E-state index contributed by atoms with van der Waals surface area (Å²) in [4.78, 5) is 34.9. The number of ether oxygens (including phenoxy) is 1. The van der Waals surface area contributed by atoms with E-state index in [0.29, 0.717) is 28.5 Å². The molecule has 0 aliphatic carbocycles. The predicted octanol–water partition coefficient (Wildman–Crippen LogP) is 5.43. The van der Waals surface area contributed by atoms with Crippen LogP contribution < -0.4 is 10.1 Å². The molecule has 0 spiro atoms. The normalized spacial score (nSPS) is 14.3. The van der Waals surface area contributed by atoms with Gasteiger partial charge in [0.25, 0.3) is 5.91 Å². The van der Waals surface area contributed by atoms with Crippen LogP contribution in [0.2, 0.25) is 0 Å². The average molecular weight is 548 g/mol. The minimum absolute atomic E-state index is 0.199.